The lowest BCUT2D eigenvalue weighted by molar-refractivity contribution is -0.137. The number of fused-ring (bicyclic) bond motifs is 1. The normalized spacial score (nSPS) is 12.9. The molecule has 0 amide bonds. The van der Waals surface area contributed by atoms with Crippen molar-refractivity contribution >= 4 is 16.9 Å². The van der Waals surface area contributed by atoms with Gasteiger partial charge in [0, 0.05) is 17.1 Å². The van der Waals surface area contributed by atoms with E-state index >= 15 is 0 Å². The summed E-state index contributed by atoms with van der Waals surface area (Å²) < 4.78 is 13.9. The largest absolute Gasteiger partial charge is 0.481 e. The van der Waals surface area contributed by atoms with E-state index in [1.54, 1.807) is 6.07 Å². The molecule has 1 aromatic heterocycles. The van der Waals surface area contributed by atoms with Crippen molar-refractivity contribution in [3.05, 3.63) is 34.8 Å². The van der Waals surface area contributed by atoms with Gasteiger partial charge in [-0.15, -0.1) is 0 Å². The summed E-state index contributed by atoms with van der Waals surface area (Å²) in [5.74, 6) is -1.40. The third-order valence-corrected chi connectivity index (χ3v) is 3.21. The molecule has 0 saturated carbocycles. The molecule has 0 fully saturated rings. The Bertz CT molecular complexity index is 619. The summed E-state index contributed by atoms with van der Waals surface area (Å²) in [5.41, 5.74) is 8.55. The first kappa shape index (κ1) is 12.6. The Labute approximate surface area is 104 Å². The van der Waals surface area contributed by atoms with E-state index in [9.17, 15) is 9.18 Å². The van der Waals surface area contributed by atoms with Gasteiger partial charge in [-0.25, -0.2) is 4.39 Å². The predicted molar refractivity (Wildman–Crippen MR) is 66.9 cm³/mol. The molecule has 0 radical (unpaired) electrons. The van der Waals surface area contributed by atoms with Gasteiger partial charge in [0.25, 0.3) is 0 Å². The van der Waals surface area contributed by atoms with Crippen molar-refractivity contribution < 1.29 is 14.3 Å². The van der Waals surface area contributed by atoms with Crippen molar-refractivity contribution in [2.24, 2.45) is 5.73 Å². The lowest BCUT2D eigenvalue weighted by Gasteiger charge is -2.10. The first-order valence-corrected chi connectivity index (χ1v) is 5.66. The Morgan fingerprint density at radius 3 is 2.78 bits per heavy atom. The number of hydrogen-bond donors (Lipinski definition) is 3. The van der Waals surface area contributed by atoms with Gasteiger partial charge >= 0.3 is 5.97 Å². The summed E-state index contributed by atoms with van der Waals surface area (Å²) in [5, 5.41) is 9.46. The number of aryl methyl sites for hydroxylation is 2. The molecule has 5 heteroatoms. The minimum absolute atomic E-state index is 0.215. The summed E-state index contributed by atoms with van der Waals surface area (Å²) in [6.45, 7) is 3.76. The fraction of sp³-hybridized carbons (Fsp3) is 0.308. The maximum atomic E-state index is 13.9. The van der Waals surface area contributed by atoms with E-state index in [0.29, 0.717) is 11.1 Å². The number of aromatic amines is 1. The molecule has 0 bridgehead atoms. The first-order chi connectivity index (χ1) is 8.40. The lowest BCUT2D eigenvalue weighted by Crippen LogP contribution is -2.15. The molecule has 1 unspecified atom stereocenters. The standard InChI is InChI=1S/C13H15FN2O2/c1-6-7(2)16-13-9(6)3-8(4-10(13)14)11(15)5-12(17)18/h3-4,11,16H,5,15H2,1-2H3,(H,17,18). The zero-order valence-electron chi connectivity index (χ0n) is 10.2. The third kappa shape index (κ3) is 2.09. The van der Waals surface area contributed by atoms with Crippen LogP contribution in [0.3, 0.4) is 0 Å². The second-order valence-corrected chi connectivity index (χ2v) is 4.50. The van der Waals surface area contributed by atoms with Gasteiger partial charge in [-0.05, 0) is 37.1 Å². The SMILES string of the molecule is Cc1[nH]c2c(F)cc(C(N)CC(=O)O)cc2c1C. The molecule has 1 heterocycles. The molecular formula is C13H15FN2O2. The summed E-state index contributed by atoms with van der Waals surface area (Å²) >= 11 is 0. The van der Waals surface area contributed by atoms with Crippen molar-refractivity contribution in [3.8, 4) is 0 Å². The van der Waals surface area contributed by atoms with E-state index in [4.69, 9.17) is 10.8 Å². The minimum atomic E-state index is -0.995. The van der Waals surface area contributed by atoms with Crippen LogP contribution in [0.1, 0.15) is 29.3 Å². The quantitative estimate of drug-likeness (QED) is 0.782. The van der Waals surface area contributed by atoms with Crippen molar-refractivity contribution in [2.45, 2.75) is 26.3 Å². The summed E-state index contributed by atoms with van der Waals surface area (Å²) in [7, 11) is 0. The van der Waals surface area contributed by atoms with E-state index in [0.717, 1.165) is 16.6 Å². The summed E-state index contributed by atoms with van der Waals surface area (Å²) in [6.07, 6.45) is -0.215. The number of carbonyl (C=O) groups is 1. The van der Waals surface area contributed by atoms with Gasteiger partial charge in [-0.2, -0.15) is 0 Å². The van der Waals surface area contributed by atoms with Crippen molar-refractivity contribution in [3.63, 3.8) is 0 Å². The molecule has 0 aliphatic heterocycles. The van der Waals surface area contributed by atoms with Crippen LogP contribution in [0, 0.1) is 19.7 Å². The van der Waals surface area contributed by atoms with Crippen LogP contribution >= 0.6 is 0 Å². The average molecular weight is 250 g/mol. The summed E-state index contributed by atoms with van der Waals surface area (Å²) in [6, 6.07) is 2.35. The maximum absolute atomic E-state index is 13.9. The van der Waals surface area contributed by atoms with Crippen molar-refractivity contribution in [1.82, 2.24) is 4.98 Å². The molecule has 0 aliphatic rings. The van der Waals surface area contributed by atoms with Crippen LogP contribution in [0.15, 0.2) is 12.1 Å². The van der Waals surface area contributed by atoms with E-state index < -0.39 is 17.8 Å². The van der Waals surface area contributed by atoms with Crippen LogP contribution in [-0.2, 0) is 4.79 Å². The topological polar surface area (TPSA) is 79.1 Å². The molecule has 18 heavy (non-hydrogen) atoms. The van der Waals surface area contributed by atoms with Crippen LogP contribution in [0.4, 0.5) is 4.39 Å². The van der Waals surface area contributed by atoms with E-state index in [2.05, 4.69) is 4.98 Å². The number of aliphatic carboxylic acids is 1. The smallest absolute Gasteiger partial charge is 0.305 e. The number of benzene rings is 1. The fourth-order valence-electron chi connectivity index (χ4n) is 2.05. The molecule has 4 N–H and O–H groups in total. The van der Waals surface area contributed by atoms with Crippen LogP contribution in [-0.4, -0.2) is 16.1 Å². The zero-order chi connectivity index (χ0) is 13.4. The minimum Gasteiger partial charge on any atom is -0.481 e. The van der Waals surface area contributed by atoms with Gasteiger partial charge in [-0.3, -0.25) is 4.79 Å². The molecule has 0 saturated heterocycles. The molecule has 1 aromatic carbocycles. The Morgan fingerprint density at radius 1 is 1.50 bits per heavy atom. The number of rotatable bonds is 3. The predicted octanol–water partition coefficient (Wildman–Crippen LogP) is 2.40. The maximum Gasteiger partial charge on any atom is 0.305 e. The number of hydrogen-bond acceptors (Lipinski definition) is 2. The monoisotopic (exact) mass is 250 g/mol. The molecule has 2 rings (SSSR count). The van der Waals surface area contributed by atoms with Crippen LogP contribution in [0.5, 0.6) is 0 Å². The summed E-state index contributed by atoms with van der Waals surface area (Å²) in [4.78, 5) is 13.6. The third-order valence-electron chi connectivity index (χ3n) is 3.21. The van der Waals surface area contributed by atoms with E-state index in [-0.39, 0.29) is 6.42 Å². The Balaban J connectivity index is 2.54. The highest BCUT2D eigenvalue weighted by Crippen LogP contribution is 2.27. The van der Waals surface area contributed by atoms with Gasteiger partial charge < -0.3 is 15.8 Å². The zero-order valence-corrected chi connectivity index (χ0v) is 10.2. The highest BCUT2D eigenvalue weighted by Gasteiger charge is 2.16. The highest BCUT2D eigenvalue weighted by molar-refractivity contribution is 5.85. The molecule has 0 spiro atoms. The fourth-order valence-corrected chi connectivity index (χ4v) is 2.05. The van der Waals surface area contributed by atoms with Crippen LogP contribution in [0.25, 0.3) is 10.9 Å². The van der Waals surface area contributed by atoms with Gasteiger partial charge in [0.2, 0.25) is 0 Å². The number of nitrogens with two attached hydrogens (primary N) is 1. The van der Waals surface area contributed by atoms with Gasteiger partial charge in [0.1, 0.15) is 5.82 Å². The van der Waals surface area contributed by atoms with E-state index in [1.807, 2.05) is 13.8 Å². The number of H-pyrrole nitrogens is 1. The molecule has 0 aliphatic carbocycles. The molecule has 2 aromatic rings. The molecule has 4 nitrogen and oxygen atoms in total. The van der Waals surface area contributed by atoms with Crippen molar-refractivity contribution in [1.29, 1.82) is 0 Å². The molecule has 96 valence electrons. The molecule has 1 atom stereocenters. The second-order valence-electron chi connectivity index (χ2n) is 4.50. The highest BCUT2D eigenvalue weighted by atomic mass is 19.1. The van der Waals surface area contributed by atoms with Gasteiger partial charge in [0.15, 0.2) is 0 Å². The lowest BCUT2D eigenvalue weighted by atomic mass is 10.0. The van der Waals surface area contributed by atoms with Crippen molar-refractivity contribution in [2.75, 3.05) is 0 Å². The second kappa shape index (κ2) is 4.42. The first-order valence-electron chi connectivity index (χ1n) is 5.66. The Kier molecular flexibility index (Phi) is 3.09. The number of aromatic nitrogens is 1. The van der Waals surface area contributed by atoms with E-state index in [1.165, 1.54) is 6.07 Å². The average Bonchev–Trinajstić information content (AvgIpc) is 2.56. The Morgan fingerprint density at radius 2 is 2.17 bits per heavy atom. The van der Waals surface area contributed by atoms with Crippen LogP contribution in [0.2, 0.25) is 0 Å². The number of carboxylic acid groups (broad SMARTS) is 1. The molecular weight excluding hydrogens is 235 g/mol. The Hall–Kier alpha value is -1.88. The van der Waals surface area contributed by atoms with Gasteiger partial charge in [0.05, 0.1) is 11.9 Å². The number of nitrogens with one attached hydrogen (secondary N) is 1. The number of halogens is 1. The van der Waals surface area contributed by atoms with Crippen LogP contribution < -0.4 is 5.73 Å². The number of carboxylic acids is 1. The van der Waals surface area contributed by atoms with Gasteiger partial charge in [-0.1, -0.05) is 0 Å².